The highest BCUT2D eigenvalue weighted by Gasteiger charge is 2.43. The van der Waals surface area contributed by atoms with Crippen molar-refractivity contribution in [1.82, 2.24) is 30.4 Å². The van der Waals surface area contributed by atoms with Crippen LogP contribution in [0.2, 0.25) is 0 Å². The Morgan fingerprint density at radius 2 is 2.25 bits per heavy atom. The molecule has 132 valence electrons. The van der Waals surface area contributed by atoms with E-state index in [1.165, 1.54) is 16.7 Å². The molecule has 2 fully saturated rings. The smallest absolute Gasteiger partial charge is 0.325 e. The number of nitrogens with zero attached hydrogens (tertiary/aromatic N) is 5. The summed E-state index contributed by atoms with van der Waals surface area (Å²) in [5, 5.41) is 15.2. The van der Waals surface area contributed by atoms with E-state index in [9.17, 15) is 9.59 Å². The number of tetrazole rings is 1. The van der Waals surface area contributed by atoms with Gasteiger partial charge in [0.15, 0.2) is 0 Å². The van der Waals surface area contributed by atoms with E-state index < -0.39 is 5.54 Å². The van der Waals surface area contributed by atoms with E-state index in [0.29, 0.717) is 19.5 Å². The summed E-state index contributed by atoms with van der Waals surface area (Å²) in [5.74, 6) is 0.546. The molecule has 0 bridgehead atoms. The molecule has 1 aromatic heterocycles. The Balaban J connectivity index is 1.45. The van der Waals surface area contributed by atoms with E-state index >= 15 is 0 Å². The number of aromatic nitrogens is 4. The molecule has 0 spiro atoms. The SMILES string of the molecule is CC1(C)NC(=O)N(CCCSc2nnnn2C[C@@H]2CCCO2)C1=O. The van der Waals surface area contributed by atoms with Crippen LogP contribution in [0.4, 0.5) is 4.79 Å². The molecule has 0 aliphatic carbocycles. The molecule has 2 aliphatic heterocycles. The lowest BCUT2D eigenvalue weighted by atomic mass is 10.1. The van der Waals surface area contributed by atoms with E-state index in [4.69, 9.17) is 4.74 Å². The Bertz CT molecular complexity index is 613. The van der Waals surface area contributed by atoms with Crippen LogP contribution in [0.5, 0.6) is 0 Å². The third-order valence-electron chi connectivity index (χ3n) is 4.10. The minimum absolute atomic E-state index is 0.180. The summed E-state index contributed by atoms with van der Waals surface area (Å²) in [6.07, 6.45) is 2.98. The highest BCUT2D eigenvalue weighted by Crippen LogP contribution is 2.20. The van der Waals surface area contributed by atoms with Crippen LogP contribution in [0.1, 0.15) is 33.1 Å². The maximum atomic E-state index is 12.1. The molecule has 0 unspecified atom stereocenters. The first-order valence-corrected chi connectivity index (χ1v) is 9.10. The number of rotatable bonds is 7. The van der Waals surface area contributed by atoms with Gasteiger partial charge in [-0.1, -0.05) is 11.8 Å². The lowest BCUT2D eigenvalue weighted by Gasteiger charge is -2.15. The minimum Gasteiger partial charge on any atom is -0.376 e. The zero-order valence-corrected chi connectivity index (χ0v) is 14.7. The quantitative estimate of drug-likeness (QED) is 0.436. The predicted molar refractivity (Wildman–Crippen MR) is 86.5 cm³/mol. The van der Waals surface area contributed by atoms with E-state index in [1.807, 2.05) is 0 Å². The number of thioether (sulfide) groups is 1. The van der Waals surface area contributed by atoms with Crippen molar-refractivity contribution < 1.29 is 14.3 Å². The van der Waals surface area contributed by atoms with E-state index in [1.54, 1.807) is 18.5 Å². The molecular weight excluding hydrogens is 332 g/mol. The Kier molecular flexibility index (Phi) is 5.04. The standard InChI is InChI=1S/C14H22N6O3S/c1-14(2)11(21)19(12(22)15-14)6-4-8-24-13-16-17-18-20(13)9-10-5-3-7-23-10/h10H,3-9H2,1-2H3,(H,15,22)/t10-/m0/s1. The molecule has 1 atom stereocenters. The number of ether oxygens (including phenoxy) is 1. The summed E-state index contributed by atoms with van der Waals surface area (Å²) in [7, 11) is 0. The zero-order valence-electron chi connectivity index (χ0n) is 13.9. The van der Waals surface area contributed by atoms with Gasteiger partial charge < -0.3 is 10.1 Å². The van der Waals surface area contributed by atoms with Gasteiger partial charge in [-0.2, -0.15) is 0 Å². The average molecular weight is 354 g/mol. The van der Waals surface area contributed by atoms with E-state index in [-0.39, 0.29) is 18.0 Å². The van der Waals surface area contributed by atoms with Gasteiger partial charge in [0, 0.05) is 18.9 Å². The lowest BCUT2D eigenvalue weighted by molar-refractivity contribution is -0.130. The summed E-state index contributed by atoms with van der Waals surface area (Å²) >= 11 is 1.52. The maximum absolute atomic E-state index is 12.1. The molecule has 9 nitrogen and oxygen atoms in total. The van der Waals surface area contributed by atoms with Crippen LogP contribution in [0.3, 0.4) is 0 Å². The fourth-order valence-corrected chi connectivity index (χ4v) is 3.61. The molecule has 1 aromatic rings. The monoisotopic (exact) mass is 354 g/mol. The second kappa shape index (κ2) is 7.06. The van der Waals surface area contributed by atoms with Crippen LogP contribution in [0.15, 0.2) is 5.16 Å². The number of carbonyl (C=O) groups is 2. The Labute approximate surface area is 144 Å². The number of carbonyl (C=O) groups excluding carboxylic acids is 2. The molecule has 10 heteroatoms. The molecule has 24 heavy (non-hydrogen) atoms. The van der Waals surface area contributed by atoms with E-state index in [0.717, 1.165) is 30.4 Å². The van der Waals surface area contributed by atoms with Crippen molar-refractivity contribution >= 4 is 23.7 Å². The largest absolute Gasteiger partial charge is 0.376 e. The lowest BCUT2D eigenvalue weighted by Crippen LogP contribution is -2.40. The van der Waals surface area contributed by atoms with Crippen molar-refractivity contribution in [2.24, 2.45) is 0 Å². The predicted octanol–water partition coefficient (Wildman–Crippen LogP) is 0.665. The van der Waals surface area contributed by atoms with Gasteiger partial charge in [0.1, 0.15) is 5.54 Å². The molecule has 2 saturated heterocycles. The molecular formula is C14H22N6O3S. The maximum Gasteiger partial charge on any atom is 0.325 e. The van der Waals surface area contributed by atoms with Crippen molar-refractivity contribution in [1.29, 1.82) is 0 Å². The van der Waals surface area contributed by atoms with Crippen molar-refractivity contribution in [3.05, 3.63) is 0 Å². The number of imide groups is 1. The second-order valence-electron chi connectivity index (χ2n) is 6.49. The number of nitrogens with one attached hydrogen (secondary N) is 1. The van der Waals surface area contributed by atoms with Gasteiger partial charge in [-0.25, -0.2) is 9.48 Å². The first kappa shape index (κ1) is 17.2. The van der Waals surface area contributed by atoms with Crippen LogP contribution in [-0.2, 0) is 16.1 Å². The van der Waals surface area contributed by atoms with Crippen LogP contribution in [0, 0.1) is 0 Å². The fourth-order valence-electron chi connectivity index (χ4n) is 2.80. The van der Waals surface area contributed by atoms with Gasteiger partial charge >= 0.3 is 6.03 Å². The summed E-state index contributed by atoms with van der Waals surface area (Å²) < 4.78 is 7.36. The first-order chi connectivity index (χ1) is 11.5. The summed E-state index contributed by atoms with van der Waals surface area (Å²) in [5.41, 5.74) is -0.810. The topological polar surface area (TPSA) is 102 Å². The highest BCUT2D eigenvalue weighted by atomic mass is 32.2. The molecule has 1 N–H and O–H groups in total. The van der Waals surface area contributed by atoms with Gasteiger partial charge in [-0.05, 0) is 43.5 Å². The molecule has 2 aliphatic rings. The van der Waals surface area contributed by atoms with Gasteiger partial charge in [0.2, 0.25) is 5.16 Å². The van der Waals surface area contributed by atoms with E-state index in [2.05, 4.69) is 20.8 Å². The third kappa shape index (κ3) is 3.69. The summed E-state index contributed by atoms with van der Waals surface area (Å²) in [6, 6.07) is -0.321. The molecule has 3 heterocycles. The Hall–Kier alpha value is -1.68. The van der Waals surface area contributed by atoms with Gasteiger partial charge in [0.25, 0.3) is 5.91 Å². The van der Waals surface area contributed by atoms with Crippen molar-refractivity contribution in [2.75, 3.05) is 18.9 Å². The van der Waals surface area contributed by atoms with Crippen LogP contribution < -0.4 is 5.32 Å². The normalized spacial score (nSPS) is 23.1. The Morgan fingerprint density at radius 3 is 2.92 bits per heavy atom. The molecule has 0 radical (unpaired) electrons. The average Bonchev–Trinajstić information content (AvgIpc) is 3.22. The van der Waals surface area contributed by atoms with Gasteiger partial charge in [0.05, 0.1) is 12.6 Å². The van der Waals surface area contributed by atoms with Crippen molar-refractivity contribution in [2.45, 2.75) is 56.5 Å². The molecule has 3 rings (SSSR count). The third-order valence-corrected chi connectivity index (χ3v) is 5.14. The van der Waals surface area contributed by atoms with Crippen molar-refractivity contribution in [3.63, 3.8) is 0 Å². The summed E-state index contributed by atoms with van der Waals surface area (Å²) in [6.45, 7) is 5.28. The minimum atomic E-state index is -0.810. The fraction of sp³-hybridized carbons (Fsp3) is 0.786. The first-order valence-electron chi connectivity index (χ1n) is 8.12. The Morgan fingerprint density at radius 1 is 1.42 bits per heavy atom. The summed E-state index contributed by atoms with van der Waals surface area (Å²) in [4.78, 5) is 25.2. The van der Waals surface area contributed by atoms with Crippen LogP contribution in [-0.4, -0.2) is 67.6 Å². The van der Waals surface area contributed by atoms with Gasteiger partial charge in [-0.15, -0.1) is 5.10 Å². The number of amides is 3. The van der Waals surface area contributed by atoms with Crippen molar-refractivity contribution in [3.8, 4) is 0 Å². The number of hydrogen-bond acceptors (Lipinski definition) is 7. The number of hydrogen-bond donors (Lipinski definition) is 1. The highest BCUT2D eigenvalue weighted by molar-refractivity contribution is 7.99. The second-order valence-corrected chi connectivity index (χ2v) is 7.55. The molecule has 0 saturated carbocycles. The number of urea groups is 1. The van der Waals surface area contributed by atoms with Crippen LogP contribution in [0.25, 0.3) is 0 Å². The van der Waals surface area contributed by atoms with Gasteiger partial charge in [-0.3, -0.25) is 9.69 Å². The van der Waals surface area contributed by atoms with Crippen LogP contribution >= 0.6 is 11.8 Å². The molecule has 0 aromatic carbocycles. The zero-order chi connectivity index (χ0) is 17.2. The molecule has 3 amide bonds.